The number of furan rings is 1. The second kappa shape index (κ2) is 5.59. The highest BCUT2D eigenvalue weighted by Crippen LogP contribution is 2.19. The Morgan fingerprint density at radius 2 is 2.00 bits per heavy atom. The van der Waals surface area contributed by atoms with Gasteiger partial charge in [-0.3, -0.25) is 9.59 Å². The summed E-state index contributed by atoms with van der Waals surface area (Å²) in [6.07, 6.45) is 0. The van der Waals surface area contributed by atoms with Crippen molar-refractivity contribution in [3.05, 3.63) is 23.2 Å². The molecule has 2 amide bonds. The normalized spacial score (nSPS) is 16.0. The molecule has 1 N–H and O–H groups in total. The first-order chi connectivity index (χ1) is 9.81. The van der Waals surface area contributed by atoms with Gasteiger partial charge in [-0.15, -0.1) is 0 Å². The number of nitrogens with zero attached hydrogens (tertiary/aromatic N) is 2. The molecule has 114 valence electrons. The number of piperazine rings is 1. The van der Waals surface area contributed by atoms with Gasteiger partial charge in [-0.1, -0.05) is 0 Å². The first kappa shape index (κ1) is 15.1. The highest BCUT2D eigenvalue weighted by atomic mass is 16.4. The minimum atomic E-state index is -1.16. The molecular formula is C14H18N2O5. The molecule has 0 aromatic carbocycles. The second-order valence-corrected chi connectivity index (χ2v) is 5.32. The third-order valence-corrected chi connectivity index (χ3v) is 3.56. The maximum Gasteiger partial charge on any atom is 0.371 e. The van der Waals surface area contributed by atoms with Crippen LogP contribution in [-0.2, 0) is 16.1 Å². The summed E-state index contributed by atoms with van der Waals surface area (Å²) in [5.41, 5.74) is 0.603. The van der Waals surface area contributed by atoms with Gasteiger partial charge in [-0.2, -0.15) is 0 Å². The summed E-state index contributed by atoms with van der Waals surface area (Å²) in [5.74, 6) is -1.96. The van der Waals surface area contributed by atoms with E-state index in [-0.39, 0.29) is 18.3 Å². The van der Waals surface area contributed by atoms with Crippen LogP contribution in [0.1, 0.15) is 35.7 Å². The Hall–Kier alpha value is -2.31. The summed E-state index contributed by atoms with van der Waals surface area (Å²) in [4.78, 5) is 37.9. The van der Waals surface area contributed by atoms with Crippen molar-refractivity contribution in [3.63, 3.8) is 0 Å². The number of aromatic carboxylic acids is 1. The molecule has 7 nitrogen and oxygen atoms in total. The average molecular weight is 294 g/mol. The molecule has 0 atom stereocenters. The van der Waals surface area contributed by atoms with Gasteiger partial charge >= 0.3 is 17.8 Å². The lowest BCUT2D eigenvalue weighted by molar-refractivity contribution is -0.157. The van der Waals surface area contributed by atoms with Crippen molar-refractivity contribution in [2.45, 2.75) is 33.4 Å². The number of carboxylic acid groups (broad SMARTS) is 1. The molecule has 21 heavy (non-hydrogen) atoms. The van der Waals surface area contributed by atoms with Crippen molar-refractivity contribution in [3.8, 4) is 0 Å². The zero-order valence-electron chi connectivity index (χ0n) is 12.3. The fourth-order valence-corrected chi connectivity index (χ4v) is 2.32. The molecule has 7 heteroatoms. The van der Waals surface area contributed by atoms with Crippen LogP contribution in [0.5, 0.6) is 0 Å². The van der Waals surface area contributed by atoms with Crippen molar-refractivity contribution in [2.24, 2.45) is 0 Å². The van der Waals surface area contributed by atoms with E-state index in [2.05, 4.69) is 0 Å². The third kappa shape index (κ3) is 2.91. The van der Waals surface area contributed by atoms with E-state index in [0.29, 0.717) is 24.4 Å². The van der Waals surface area contributed by atoms with Gasteiger partial charge in [0.05, 0.1) is 0 Å². The van der Waals surface area contributed by atoms with Crippen LogP contribution in [0.4, 0.5) is 0 Å². The highest BCUT2D eigenvalue weighted by Gasteiger charge is 2.34. The lowest BCUT2D eigenvalue weighted by Crippen LogP contribution is -2.55. The first-order valence-corrected chi connectivity index (χ1v) is 6.73. The summed E-state index contributed by atoms with van der Waals surface area (Å²) in [5, 5.41) is 8.88. The summed E-state index contributed by atoms with van der Waals surface area (Å²) in [6.45, 7) is 6.44. The predicted molar refractivity (Wildman–Crippen MR) is 72.7 cm³/mol. The van der Waals surface area contributed by atoms with Gasteiger partial charge in [0, 0.05) is 31.2 Å². The number of carboxylic acids is 1. The van der Waals surface area contributed by atoms with Crippen LogP contribution in [0, 0.1) is 6.92 Å². The number of hydrogen-bond acceptors (Lipinski definition) is 4. The molecule has 0 radical (unpaired) electrons. The smallest absolute Gasteiger partial charge is 0.371 e. The van der Waals surface area contributed by atoms with Gasteiger partial charge < -0.3 is 19.3 Å². The number of amides is 2. The fourth-order valence-electron chi connectivity index (χ4n) is 2.32. The van der Waals surface area contributed by atoms with E-state index >= 15 is 0 Å². The Kier molecular flexibility index (Phi) is 4.02. The summed E-state index contributed by atoms with van der Waals surface area (Å²) in [6, 6.07) is 1.38. The van der Waals surface area contributed by atoms with E-state index in [1.807, 2.05) is 13.8 Å². The number of rotatable bonds is 4. The molecular weight excluding hydrogens is 276 g/mol. The van der Waals surface area contributed by atoms with Crippen LogP contribution in [0.15, 0.2) is 10.5 Å². The van der Waals surface area contributed by atoms with Crippen molar-refractivity contribution >= 4 is 17.8 Å². The molecule has 1 aromatic rings. The number of carbonyl (C=O) groups is 3. The molecule has 0 bridgehead atoms. The second-order valence-electron chi connectivity index (χ2n) is 5.32. The van der Waals surface area contributed by atoms with E-state index < -0.39 is 17.8 Å². The van der Waals surface area contributed by atoms with E-state index in [9.17, 15) is 14.4 Å². The maximum atomic E-state index is 12.1. The van der Waals surface area contributed by atoms with E-state index in [4.69, 9.17) is 9.52 Å². The Balaban J connectivity index is 2.13. The molecule has 2 heterocycles. The van der Waals surface area contributed by atoms with Crippen molar-refractivity contribution < 1.29 is 23.9 Å². The molecule has 1 fully saturated rings. The van der Waals surface area contributed by atoms with Gasteiger partial charge in [-0.25, -0.2) is 4.79 Å². The van der Waals surface area contributed by atoms with Crippen molar-refractivity contribution in [2.75, 3.05) is 13.1 Å². The largest absolute Gasteiger partial charge is 0.475 e. The van der Waals surface area contributed by atoms with Crippen molar-refractivity contribution in [1.29, 1.82) is 0 Å². The lowest BCUT2D eigenvalue weighted by atomic mass is 10.2. The Morgan fingerprint density at radius 1 is 1.33 bits per heavy atom. The molecule has 0 saturated carbocycles. The van der Waals surface area contributed by atoms with E-state index in [1.54, 1.807) is 6.92 Å². The molecule has 1 aliphatic heterocycles. The average Bonchev–Trinajstić information content (AvgIpc) is 2.76. The van der Waals surface area contributed by atoms with Gasteiger partial charge in [0.1, 0.15) is 5.76 Å². The first-order valence-electron chi connectivity index (χ1n) is 6.73. The van der Waals surface area contributed by atoms with Gasteiger partial charge in [0.25, 0.3) is 0 Å². The minimum Gasteiger partial charge on any atom is -0.475 e. The quantitative estimate of drug-likeness (QED) is 0.832. The van der Waals surface area contributed by atoms with Gasteiger partial charge in [0.15, 0.2) is 0 Å². The van der Waals surface area contributed by atoms with E-state index in [0.717, 1.165) is 0 Å². The van der Waals surface area contributed by atoms with Crippen LogP contribution in [-0.4, -0.2) is 51.8 Å². The minimum absolute atomic E-state index is 0.0159. The Morgan fingerprint density at radius 3 is 2.52 bits per heavy atom. The molecule has 1 aromatic heterocycles. The zero-order chi connectivity index (χ0) is 15.7. The van der Waals surface area contributed by atoms with Crippen LogP contribution >= 0.6 is 0 Å². The fraction of sp³-hybridized carbons (Fsp3) is 0.500. The third-order valence-electron chi connectivity index (χ3n) is 3.56. The number of hydrogen-bond donors (Lipinski definition) is 1. The standard InChI is InChI=1S/C14H18N2O5/c1-8(2)16-5-4-15(12(17)13(16)18)7-10-6-11(14(19)20)21-9(10)3/h6,8H,4-5,7H2,1-3H3,(H,19,20). The highest BCUT2D eigenvalue weighted by molar-refractivity contribution is 6.35. The van der Waals surface area contributed by atoms with Crippen LogP contribution in [0.3, 0.4) is 0 Å². The van der Waals surface area contributed by atoms with Gasteiger partial charge in [-0.05, 0) is 26.8 Å². The SMILES string of the molecule is Cc1oc(C(=O)O)cc1CN1CCN(C(C)C)C(=O)C1=O. The molecule has 1 saturated heterocycles. The maximum absolute atomic E-state index is 12.1. The topological polar surface area (TPSA) is 91.1 Å². The van der Waals surface area contributed by atoms with E-state index in [1.165, 1.54) is 15.9 Å². The molecule has 0 aliphatic carbocycles. The summed E-state index contributed by atoms with van der Waals surface area (Å²) >= 11 is 0. The summed E-state index contributed by atoms with van der Waals surface area (Å²) in [7, 11) is 0. The number of carbonyl (C=O) groups excluding carboxylic acids is 2. The number of aryl methyl sites for hydroxylation is 1. The monoisotopic (exact) mass is 294 g/mol. The Labute approximate surface area is 122 Å². The summed E-state index contributed by atoms with van der Waals surface area (Å²) < 4.78 is 5.11. The Bertz CT molecular complexity index is 590. The molecule has 0 spiro atoms. The van der Waals surface area contributed by atoms with Crippen LogP contribution in [0.25, 0.3) is 0 Å². The van der Waals surface area contributed by atoms with Crippen molar-refractivity contribution in [1.82, 2.24) is 9.80 Å². The molecule has 0 unspecified atom stereocenters. The molecule has 1 aliphatic rings. The lowest BCUT2D eigenvalue weighted by Gasteiger charge is -2.35. The zero-order valence-corrected chi connectivity index (χ0v) is 12.3. The van der Waals surface area contributed by atoms with Crippen LogP contribution < -0.4 is 0 Å². The van der Waals surface area contributed by atoms with Crippen LogP contribution in [0.2, 0.25) is 0 Å². The molecule has 2 rings (SSSR count). The van der Waals surface area contributed by atoms with Gasteiger partial charge in [0.2, 0.25) is 5.76 Å². The predicted octanol–water partition coefficient (Wildman–Crippen LogP) is 0.865.